The maximum Gasteiger partial charge on any atom is 0.0748 e. The summed E-state index contributed by atoms with van der Waals surface area (Å²) in [6.45, 7) is 51.5. The molecule has 14 aromatic rings. The lowest BCUT2D eigenvalue weighted by molar-refractivity contribution is 1.09. The smallest absolute Gasteiger partial charge is 0.0748 e. The first-order chi connectivity index (χ1) is 54.9. The van der Waals surface area contributed by atoms with Crippen LogP contribution in [-0.4, -0.2) is 34.9 Å². The molecular weight excluding hydrogens is 1400 g/mol. The first-order valence-electron chi connectivity index (χ1n) is 41.3. The summed E-state index contributed by atoms with van der Waals surface area (Å²) in [5.74, 6) is 0. The third-order valence-corrected chi connectivity index (χ3v) is 26.1. The van der Waals surface area contributed by atoms with Crippen molar-refractivity contribution in [2.75, 3.05) is 0 Å². The number of pyridine rings is 7. The standard InChI is InChI=1S/3C16H17N.4C15H15N/c1-9-5-6-14-13(7-9)8-15-11(3)10(2)12(4)17-16(14)15;1-9-5-6-13-8-14-11(3)10(2)12(4)17-16(14)15(13)7-9;1-9-6-5-7-13-8-14-11(3)10(2)12(4)17-16(14)15(9)13;1-9-4-5-14-12(6-9)8-13-7-10(2)11(3)16-15(13)14;1-9-4-5-12-8-13-7-10(2)11(3)16-15(13)14(12)6-9;1-9-5-4-6-13-14(9)8-12-7-10(2)11(3)16-15(12)13;1-9-5-4-6-12-8-13-7-10(2)11(3)16-15(13)14(9)12/h3*5-7H,8H2,1-4H3;4*4-7H,8H2,1-3H3. The van der Waals surface area contributed by atoms with Crippen LogP contribution in [0.25, 0.3) is 78.8 Å². The lowest BCUT2D eigenvalue weighted by Crippen LogP contribution is -1.98. The summed E-state index contributed by atoms with van der Waals surface area (Å²) in [5.41, 5.74) is 68.5. The normalized spacial score (nSPS) is 12.5. The zero-order chi connectivity index (χ0) is 81.6. The number of benzene rings is 7. The van der Waals surface area contributed by atoms with Crippen LogP contribution in [0.2, 0.25) is 0 Å². The van der Waals surface area contributed by atoms with Crippen molar-refractivity contribution in [2.45, 2.75) is 211 Å². The molecule has 0 N–H and O–H groups in total. The SMILES string of the molecule is Cc1cc2c(nc1C)-c1c(C)cccc1C2.Cc1cc2c(nc1C)-c1cccc(C)c1C2.Cc1ccc2c(c1)-c1nc(C)c(C)c(C)c1C2.Cc1ccc2c(c1)-c1nc(C)c(C)cc1C2.Cc1ccc2c(c1)Cc1c-2nc(C)c(C)c1C.Cc1ccc2c(c1)Cc1cc(C)c(C)nc1-2.Cc1cccc2c1-c1nc(C)c(C)c(C)c1C2. The van der Waals surface area contributed by atoms with Gasteiger partial charge in [-0.05, 0) is 329 Å². The molecular formula is C108H111N7. The Hall–Kier alpha value is -11.4. The summed E-state index contributed by atoms with van der Waals surface area (Å²) in [6, 6.07) is 55.5. The van der Waals surface area contributed by atoms with Crippen LogP contribution in [0.3, 0.4) is 0 Å². The van der Waals surface area contributed by atoms with Crippen molar-refractivity contribution in [1.82, 2.24) is 34.9 Å². The number of aromatic nitrogens is 7. The van der Waals surface area contributed by atoms with Gasteiger partial charge < -0.3 is 0 Å². The first-order valence-corrected chi connectivity index (χ1v) is 41.3. The van der Waals surface area contributed by atoms with Crippen molar-refractivity contribution < 1.29 is 0 Å². The predicted octanol–water partition coefficient (Wildman–Crippen LogP) is 26.0. The topological polar surface area (TPSA) is 90.2 Å². The molecule has 21 rings (SSSR count). The van der Waals surface area contributed by atoms with Gasteiger partial charge in [-0.2, -0.15) is 0 Å². The van der Waals surface area contributed by atoms with Crippen molar-refractivity contribution in [3.8, 4) is 78.8 Å². The molecule has 578 valence electrons. The Bertz CT molecular complexity index is 6340. The molecule has 7 aliphatic carbocycles. The number of aryl methyl sites for hydroxylation is 18. The Morgan fingerprint density at radius 3 is 0.991 bits per heavy atom. The number of nitrogens with zero attached hydrogens (tertiary/aromatic N) is 7. The number of hydrogen-bond acceptors (Lipinski definition) is 7. The maximum absolute atomic E-state index is 4.82. The average Bonchev–Trinajstić information content (AvgIpc) is 1.62. The molecule has 7 nitrogen and oxygen atoms in total. The molecule has 7 aromatic carbocycles. The third-order valence-electron chi connectivity index (χ3n) is 26.1. The highest BCUT2D eigenvalue weighted by atomic mass is 14.8. The molecule has 0 amide bonds. The van der Waals surface area contributed by atoms with E-state index in [2.05, 4.69) is 318 Å². The van der Waals surface area contributed by atoms with Gasteiger partial charge in [-0.1, -0.05) is 162 Å². The van der Waals surface area contributed by atoms with E-state index in [4.69, 9.17) is 34.9 Å². The van der Waals surface area contributed by atoms with Crippen LogP contribution in [0.15, 0.2) is 152 Å². The van der Waals surface area contributed by atoms with E-state index in [1.165, 1.54) is 251 Å². The summed E-state index contributed by atoms with van der Waals surface area (Å²) in [7, 11) is 0. The number of rotatable bonds is 0. The van der Waals surface area contributed by atoms with Gasteiger partial charge in [0, 0.05) is 124 Å². The molecule has 0 bridgehead atoms. The lowest BCUT2D eigenvalue weighted by Gasteiger charge is -2.10. The summed E-state index contributed by atoms with van der Waals surface area (Å²) < 4.78 is 0. The molecule has 7 heterocycles. The fraction of sp³-hybridized carbons (Fsp3) is 0.287. The minimum atomic E-state index is 1.04. The Morgan fingerprint density at radius 1 is 0.174 bits per heavy atom. The largest absolute Gasteiger partial charge is 0.253 e. The lowest BCUT2D eigenvalue weighted by atomic mass is 10.0. The molecule has 0 saturated carbocycles. The van der Waals surface area contributed by atoms with E-state index in [-0.39, 0.29) is 0 Å². The average molecular weight is 1510 g/mol. The Labute approximate surface area is 684 Å². The van der Waals surface area contributed by atoms with Gasteiger partial charge in [-0.25, -0.2) is 0 Å². The second-order valence-electron chi connectivity index (χ2n) is 34.1. The van der Waals surface area contributed by atoms with Crippen LogP contribution in [0.5, 0.6) is 0 Å². The zero-order valence-electron chi connectivity index (χ0n) is 72.5. The Balaban J connectivity index is 0.000000106. The van der Waals surface area contributed by atoms with Gasteiger partial charge in [0.2, 0.25) is 0 Å². The van der Waals surface area contributed by atoms with E-state index in [0.717, 1.165) is 84.8 Å². The van der Waals surface area contributed by atoms with Gasteiger partial charge in [-0.15, -0.1) is 0 Å². The molecule has 0 spiro atoms. The van der Waals surface area contributed by atoms with E-state index in [0.29, 0.717) is 0 Å². The maximum atomic E-state index is 4.82. The number of hydrogen-bond donors (Lipinski definition) is 0. The summed E-state index contributed by atoms with van der Waals surface area (Å²) in [6.07, 6.45) is 7.31. The van der Waals surface area contributed by atoms with E-state index < -0.39 is 0 Å². The van der Waals surface area contributed by atoms with Crippen molar-refractivity contribution in [3.63, 3.8) is 0 Å². The third kappa shape index (κ3) is 15.1. The van der Waals surface area contributed by atoms with Crippen molar-refractivity contribution >= 4 is 0 Å². The highest BCUT2D eigenvalue weighted by molar-refractivity contribution is 5.82. The minimum absolute atomic E-state index is 1.04. The molecule has 115 heavy (non-hydrogen) atoms. The Morgan fingerprint density at radius 2 is 0.478 bits per heavy atom. The second kappa shape index (κ2) is 31.4. The van der Waals surface area contributed by atoms with E-state index in [9.17, 15) is 0 Å². The molecule has 7 aliphatic rings. The van der Waals surface area contributed by atoms with Crippen molar-refractivity contribution in [3.05, 3.63) is 364 Å². The minimum Gasteiger partial charge on any atom is -0.253 e. The van der Waals surface area contributed by atoms with Crippen LogP contribution in [0.1, 0.15) is 212 Å². The molecule has 0 atom stereocenters. The molecule has 0 radical (unpaired) electrons. The zero-order valence-corrected chi connectivity index (χ0v) is 72.5. The molecule has 7 aromatic heterocycles. The fourth-order valence-electron chi connectivity index (χ4n) is 18.1. The highest BCUT2D eigenvalue weighted by Crippen LogP contribution is 2.45. The monoisotopic (exact) mass is 1510 g/mol. The van der Waals surface area contributed by atoms with Gasteiger partial charge in [0.25, 0.3) is 0 Å². The van der Waals surface area contributed by atoms with Gasteiger partial charge in [0.1, 0.15) is 0 Å². The molecule has 0 aliphatic heterocycles. The van der Waals surface area contributed by atoms with Crippen LogP contribution in [0.4, 0.5) is 0 Å². The summed E-state index contributed by atoms with van der Waals surface area (Å²) >= 11 is 0. The van der Waals surface area contributed by atoms with E-state index in [1.807, 2.05) is 0 Å². The van der Waals surface area contributed by atoms with E-state index >= 15 is 0 Å². The predicted molar refractivity (Wildman–Crippen MR) is 481 cm³/mol. The van der Waals surface area contributed by atoms with Crippen molar-refractivity contribution in [1.29, 1.82) is 0 Å². The molecule has 0 saturated heterocycles. The molecule has 7 heteroatoms. The quantitative estimate of drug-likeness (QED) is 0.149. The molecule has 0 fully saturated rings. The highest BCUT2D eigenvalue weighted by Gasteiger charge is 2.30. The number of fused-ring (bicyclic) bond motifs is 21. The van der Waals surface area contributed by atoms with Crippen LogP contribution >= 0.6 is 0 Å². The van der Waals surface area contributed by atoms with Gasteiger partial charge in [-0.3, -0.25) is 34.9 Å². The summed E-state index contributed by atoms with van der Waals surface area (Å²) in [4.78, 5) is 33.3. The van der Waals surface area contributed by atoms with E-state index in [1.54, 1.807) is 0 Å². The van der Waals surface area contributed by atoms with Gasteiger partial charge >= 0.3 is 0 Å². The van der Waals surface area contributed by atoms with Crippen LogP contribution in [0, 0.1) is 166 Å². The van der Waals surface area contributed by atoms with Gasteiger partial charge in [0.15, 0.2) is 0 Å². The summed E-state index contributed by atoms with van der Waals surface area (Å²) in [5, 5.41) is 0. The van der Waals surface area contributed by atoms with Crippen molar-refractivity contribution in [2.24, 2.45) is 0 Å². The fourth-order valence-corrected chi connectivity index (χ4v) is 18.1. The second-order valence-corrected chi connectivity index (χ2v) is 34.1. The van der Waals surface area contributed by atoms with Crippen LogP contribution < -0.4 is 0 Å². The van der Waals surface area contributed by atoms with Crippen LogP contribution in [-0.2, 0) is 44.9 Å². The van der Waals surface area contributed by atoms with Gasteiger partial charge in [0.05, 0.1) is 39.9 Å². The Kier molecular flexibility index (Phi) is 21.5. The molecule has 0 unspecified atom stereocenters. The first kappa shape index (κ1) is 78.8.